The van der Waals surface area contributed by atoms with Crippen molar-refractivity contribution in [2.45, 2.75) is 76.4 Å². The summed E-state index contributed by atoms with van der Waals surface area (Å²) in [5.41, 5.74) is -0.269. The number of carbonyl (C=O) groups excluding carboxylic acids is 3. The van der Waals surface area contributed by atoms with Crippen LogP contribution >= 0.6 is 0 Å². The number of nitrogens with one attached hydrogen (secondary N) is 1. The van der Waals surface area contributed by atoms with Crippen LogP contribution in [-0.4, -0.2) is 40.4 Å². The third kappa shape index (κ3) is 3.69. The van der Waals surface area contributed by atoms with Crippen molar-refractivity contribution in [1.29, 1.82) is 5.26 Å². The second-order valence-electron chi connectivity index (χ2n) is 9.47. The largest absolute Gasteiger partial charge is 0.338 e. The van der Waals surface area contributed by atoms with Crippen LogP contribution in [0.2, 0.25) is 0 Å². The molecule has 7 heteroatoms. The molecule has 3 amide bonds. The van der Waals surface area contributed by atoms with Gasteiger partial charge in [0, 0.05) is 19.4 Å². The predicted octanol–water partition coefficient (Wildman–Crippen LogP) is 3.35. The van der Waals surface area contributed by atoms with Crippen LogP contribution < -0.4 is 10.2 Å². The molecule has 164 valence electrons. The maximum atomic E-state index is 13.2. The Kier molecular flexibility index (Phi) is 5.50. The summed E-state index contributed by atoms with van der Waals surface area (Å²) in [7, 11) is 0. The van der Waals surface area contributed by atoms with Gasteiger partial charge in [0.2, 0.25) is 11.8 Å². The molecule has 31 heavy (non-hydrogen) atoms. The smallest absolute Gasteiger partial charge is 0.257 e. The topological polar surface area (TPSA) is 93.5 Å². The summed E-state index contributed by atoms with van der Waals surface area (Å²) >= 11 is 0. The summed E-state index contributed by atoms with van der Waals surface area (Å²) in [5, 5.41) is 12.6. The van der Waals surface area contributed by atoms with Crippen LogP contribution in [0.25, 0.3) is 0 Å². The second kappa shape index (κ2) is 7.99. The molecule has 0 bridgehead atoms. The van der Waals surface area contributed by atoms with Crippen molar-refractivity contribution in [1.82, 2.24) is 10.2 Å². The highest BCUT2D eigenvalue weighted by atomic mass is 16.2. The van der Waals surface area contributed by atoms with E-state index in [1.54, 1.807) is 21.9 Å². The highest BCUT2D eigenvalue weighted by molar-refractivity contribution is 6.10. The number of rotatable bonds is 5. The first kappa shape index (κ1) is 21.4. The third-order valence-corrected chi connectivity index (χ3v) is 7.12. The molecule has 3 aliphatic rings. The monoisotopic (exact) mass is 422 g/mol. The van der Waals surface area contributed by atoms with Crippen LogP contribution in [0, 0.1) is 17.2 Å². The normalized spacial score (nSPS) is 29.9. The van der Waals surface area contributed by atoms with Gasteiger partial charge in [-0.3, -0.25) is 19.3 Å². The van der Waals surface area contributed by atoms with Gasteiger partial charge in [-0.1, -0.05) is 25.5 Å². The average molecular weight is 423 g/mol. The van der Waals surface area contributed by atoms with Gasteiger partial charge >= 0.3 is 0 Å². The van der Waals surface area contributed by atoms with E-state index in [1.165, 1.54) is 0 Å². The Labute approximate surface area is 183 Å². The Morgan fingerprint density at radius 3 is 2.81 bits per heavy atom. The number of nitriles is 1. The van der Waals surface area contributed by atoms with Gasteiger partial charge < -0.3 is 10.2 Å². The first-order chi connectivity index (χ1) is 14.8. The zero-order valence-electron chi connectivity index (χ0n) is 18.3. The molecule has 1 saturated carbocycles. The van der Waals surface area contributed by atoms with Crippen LogP contribution in [-0.2, 0) is 9.59 Å². The van der Waals surface area contributed by atoms with Gasteiger partial charge in [0.1, 0.15) is 11.2 Å². The van der Waals surface area contributed by atoms with E-state index < -0.39 is 11.2 Å². The summed E-state index contributed by atoms with van der Waals surface area (Å²) in [5.74, 6) is 0.197. The molecule has 1 aromatic rings. The van der Waals surface area contributed by atoms with Crippen molar-refractivity contribution in [2.24, 2.45) is 5.92 Å². The summed E-state index contributed by atoms with van der Waals surface area (Å²) in [6.07, 6.45) is 5.11. The van der Waals surface area contributed by atoms with Gasteiger partial charge in [0.15, 0.2) is 0 Å². The molecule has 2 fully saturated rings. The summed E-state index contributed by atoms with van der Waals surface area (Å²) < 4.78 is 0. The average Bonchev–Trinajstić information content (AvgIpc) is 3.06. The van der Waals surface area contributed by atoms with E-state index in [4.69, 9.17) is 0 Å². The lowest BCUT2D eigenvalue weighted by Gasteiger charge is -2.48. The van der Waals surface area contributed by atoms with Crippen molar-refractivity contribution >= 4 is 23.4 Å². The molecule has 1 saturated heterocycles. The molecular weight excluding hydrogens is 392 g/mol. The third-order valence-electron chi connectivity index (χ3n) is 7.12. The maximum absolute atomic E-state index is 13.2. The van der Waals surface area contributed by atoms with Crippen molar-refractivity contribution in [3.63, 3.8) is 0 Å². The zero-order valence-corrected chi connectivity index (χ0v) is 18.3. The molecule has 0 aromatic heterocycles. The quantitative estimate of drug-likeness (QED) is 0.787. The predicted molar refractivity (Wildman–Crippen MR) is 116 cm³/mol. The van der Waals surface area contributed by atoms with Crippen molar-refractivity contribution in [3.05, 3.63) is 29.8 Å². The van der Waals surface area contributed by atoms with Crippen LogP contribution in [0.3, 0.4) is 0 Å². The van der Waals surface area contributed by atoms with Gasteiger partial charge in [-0.05, 0) is 57.1 Å². The summed E-state index contributed by atoms with van der Waals surface area (Å²) in [6.45, 7) is 4.43. The molecule has 1 aromatic carbocycles. The van der Waals surface area contributed by atoms with Crippen LogP contribution in [0.5, 0.6) is 0 Å². The molecule has 0 spiro atoms. The van der Waals surface area contributed by atoms with E-state index in [-0.39, 0.29) is 24.1 Å². The number of hydrogen-bond acceptors (Lipinski definition) is 4. The highest BCUT2D eigenvalue weighted by Crippen LogP contribution is 2.44. The van der Waals surface area contributed by atoms with E-state index in [0.717, 1.165) is 12.8 Å². The minimum atomic E-state index is -0.769. The lowest BCUT2D eigenvalue weighted by molar-refractivity contribution is -0.123. The molecule has 1 N–H and O–H groups in total. The van der Waals surface area contributed by atoms with Crippen molar-refractivity contribution in [2.75, 3.05) is 11.4 Å². The second-order valence-corrected chi connectivity index (χ2v) is 9.47. The van der Waals surface area contributed by atoms with E-state index in [2.05, 4.69) is 18.3 Å². The van der Waals surface area contributed by atoms with Crippen LogP contribution in [0.15, 0.2) is 24.3 Å². The van der Waals surface area contributed by atoms with Gasteiger partial charge in [-0.15, -0.1) is 0 Å². The van der Waals surface area contributed by atoms with Gasteiger partial charge in [-0.25, -0.2) is 0 Å². The first-order valence-corrected chi connectivity index (χ1v) is 11.3. The van der Waals surface area contributed by atoms with E-state index in [1.807, 2.05) is 19.1 Å². The number of benzene rings is 1. The fourth-order valence-electron chi connectivity index (χ4n) is 5.56. The number of hydrogen-bond donors (Lipinski definition) is 1. The number of anilines is 1. The molecule has 3 atom stereocenters. The van der Waals surface area contributed by atoms with Gasteiger partial charge in [-0.2, -0.15) is 5.26 Å². The Balaban J connectivity index is 1.44. The first-order valence-electron chi connectivity index (χ1n) is 11.3. The Hall–Kier alpha value is -2.88. The number of amides is 3. The highest BCUT2D eigenvalue weighted by Gasteiger charge is 2.52. The summed E-state index contributed by atoms with van der Waals surface area (Å²) in [6, 6.07) is 9.56. The Bertz CT molecular complexity index is 954. The van der Waals surface area contributed by atoms with Crippen molar-refractivity contribution in [3.8, 4) is 6.07 Å². The van der Waals surface area contributed by atoms with E-state index >= 15 is 0 Å². The van der Waals surface area contributed by atoms with E-state index in [0.29, 0.717) is 55.8 Å². The molecule has 2 heterocycles. The zero-order chi connectivity index (χ0) is 22.2. The fourth-order valence-corrected chi connectivity index (χ4v) is 5.56. The van der Waals surface area contributed by atoms with E-state index in [9.17, 15) is 19.6 Å². The number of nitrogens with zero attached hydrogens (tertiary/aromatic N) is 3. The molecule has 7 nitrogen and oxygen atoms in total. The fraction of sp³-hybridized carbons (Fsp3) is 0.583. The standard InChI is InChI=1S/C24H30N4O3/c1-17-7-5-12-24(15-17,16-25)26-20(29)10-6-14-27-22(31)18-8-3-4-9-19(18)28-21(30)11-13-23(27,28)2/h3-4,8-9,17H,5-7,10-15H2,1-2H3,(H,26,29). The molecule has 3 unspecified atom stereocenters. The van der Waals surface area contributed by atoms with Crippen molar-refractivity contribution < 1.29 is 14.4 Å². The SMILES string of the molecule is CC1CCCC(C#N)(NC(=O)CCCN2C(=O)c3ccccc3N3C(=O)CCC23C)C1. The van der Waals surface area contributed by atoms with Crippen LogP contribution in [0.1, 0.15) is 75.6 Å². The maximum Gasteiger partial charge on any atom is 0.257 e. The molecule has 2 aliphatic heterocycles. The number of para-hydroxylation sites is 1. The summed E-state index contributed by atoms with van der Waals surface area (Å²) in [4.78, 5) is 42.0. The molecular formula is C24H30N4O3. The lowest BCUT2D eigenvalue weighted by atomic mass is 9.77. The Morgan fingerprint density at radius 2 is 2.06 bits per heavy atom. The molecule has 0 radical (unpaired) electrons. The van der Waals surface area contributed by atoms with Gasteiger partial charge in [0.05, 0.1) is 17.3 Å². The number of carbonyl (C=O) groups is 3. The lowest BCUT2D eigenvalue weighted by Crippen LogP contribution is -2.62. The minimum Gasteiger partial charge on any atom is -0.338 e. The van der Waals surface area contributed by atoms with Crippen LogP contribution in [0.4, 0.5) is 5.69 Å². The molecule has 1 aliphatic carbocycles. The molecule has 4 rings (SSSR count). The number of fused-ring (bicyclic) bond motifs is 3. The Morgan fingerprint density at radius 1 is 1.29 bits per heavy atom. The minimum absolute atomic E-state index is 0.0209. The van der Waals surface area contributed by atoms with Gasteiger partial charge in [0.25, 0.3) is 5.91 Å².